The lowest BCUT2D eigenvalue weighted by atomic mass is 10.0. The Morgan fingerprint density at radius 1 is 0.873 bits per heavy atom. The van der Waals surface area contributed by atoms with E-state index in [0.29, 0.717) is 42.3 Å². The Hall–Kier alpha value is -4.81. The second-order valence-corrected chi connectivity index (χ2v) is 15.0. The lowest BCUT2D eigenvalue weighted by Crippen LogP contribution is -2.30. The van der Waals surface area contributed by atoms with E-state index in [-0.39, 0.29) is 30.9 Å². The first-order valence-corrected chi connectivity index (χ1v) is 19.6. The predicted molar refractivity (Wildman–Crippen MR) is 221 cm³/mol. The molecule has 12 heteroatoms. The van der Waals surface area contributed by atoms with Crippen LogP contribution in [0.15, 0.2) is 72.9 Å². The summed E-state index contributed by atoms with van der Waals surface area (Å²) in [6, 6.07) is 21.4. The number of fused-ring (bicyclic) bond motifs is 1. The molecule has 3 aromatic carbocycles. The normalized spacial score (nSPS) is 13.5. The number of hydrogen-bond acceptors (Lipinski definition) is 8. The van der Waals surface area contributed by atoms with Gasteiger partial charge in [-0.05, 0) is 112 Å². The maximum absolute atomic E-state index is 13.6. The highest BCUT2D eigenvalue weighted by Gasteiger charge is 2.22. The highest BCUT2D eigenvalue weighted by Crippen LogP contribution is 2.31. The molecule has 0 bridgehead atoms. The molecule has 3 heterocycles. The summed E-state index contributed by atoms with van der Waals surface area (Å²) in [5.74, 6) is -0.554. The van der Waals surface area contributed by atoms with Crippen molar-refractivity contribution >= 4 is 40.1 Å². The number of amides is 2. The molecule has 0 saturated carbocycles. The van der Waals surface area contributed by atoms with Gasteiger partial charge in [0, 0.05) is 85.9 Å². The fraction of sp³-hybridized carbons (Fsp3) is 0.395. The molecule has 1 saturated heterocycles. The molecule has 1 aliphatic heterocycles. The first kappa shape index (κ1) is 39.9. The molecule has 0 aliphatic carbocycles. The van der Waals surface area contributed by atoms with Crippen LogP contribution in [0.1, 0.15) is 69.8 Å². The zero-order valence-corrected chi connectivity index (χ0v) is 33.4. The van der Waals surface area contributed by atoms with E-state index in [2.05, 4.69) is 96.2 Å². The van der Waals surface area contributed by atoms with Gasteiger partial charge in [-0.25, -0.2) is 9.67 Å². The van der Waals surface area contributed by atoms with Crippen molar-refractivity contribution < 1.29 is 14.3 Å². The van der Waals surface area contributed by atoms with E-state index in [9.17, 15) is 9.59 Å². The SMILES string of the molecule is CCc1nc2c(cnn2CC)c(NC2CCOCC2)c1CNC(=O)c1cccc(C(=O)NCc2cc(Cl)cc(-c3cccc(CN(C)CCN(C)C)c3)c2)c1. The van der Waals surface area contributed by atoms with Crippen LogP contribution in [0, 0.1) is 0 Å². The summed E-state index contributed by atoms with van der Waals surface area (Å²) in [5, 5.41) is 16.0. The lowest BCUT2D eigenvalue weighted by molar-refractivity contribution is 0.0904. The molecular weight excluding hydrogens is 712 g/mol. The van der Waals surface area contributed by atoms with Crippen LogP contribution in [0.4, 0.5) is 5.69 Å². The first-order chi connectivity index (χ1) is 26.6. The summed E-state index contributed by atoms with van der Waals surface area (Å²) in [7, 11) is 6.30. The zero-order valence-electron chi connectivity index (χ0n) is 32.6. The number of aromatic nitrogens is 3. The Balaban J connectivity index is 1.12. The van der Waals surface area contributed by atoms with Crippen LogP contribution in [-0.2, 0) is 37.3 Å². The van der Waals surface area contributed by atoms with Crippen molar-refractivity contribution in [3.05, 3.63) is 111 Å². The van der Waals surface area contributed by atoms with Gasteiger partial charge in [-0.1, -0.05) is 42.8 Å². The van der Waals surface area contributed by atoms with E-state index >= 15 is 0 Å². The van der Waals surface area contributed by atoms with Gasteiger partial charge in [0.15, 0.2) is 5.65 Å². The number of hydrogen-bond donors (Lipinski definition) is 3. The number of likely N-dealkylation sites (N-methyl/N-ethyl adjacent to an activating group) is 2. The average Bonchev–Trinajstić information content (AvgIpc) is 3.61. The number of anilines is 1. The maximum Gasteiger partial charge on any atom is 0.251 e. The number of benzene rings is 3. The molecule has 1 aliphatic rings. The quantitative estimate of drug-likeness (QED) is 0.101. The van der Waals surface area contributed by atoms with Gasteiger partial charge in [0.2, 0.25) is 0 Å². The van der Waals surface area contributed by atoms with Crippen LogP contribution in [0.2, 0.25) is 5.02 Å². The van der Waals surface area contributed by atoms with E-state index in [1.165, 1.54) is 5.56 Å². The van der Waals surface area contributed by atoms with E-state index in [0.717, 1.165) is 77.1 Å². The van der Waals surface area contributed by atoms with Crippen LogP contribution in [0.3, 0.4) is 0 Å². The summed E-state index contributed by atoms with van der Waals surface area (Å²) in [5.41, 5.74) is 8.59. The Morgan fingerprint density at radius 2 is 1.58 bits per heavy atom. The van der Waals surface area contributed by atoms with Crippen LogP contribution in [-0.4, -0.2) is 89.9 Å². The smallest absolute Gasteiger partial charge is 0.251 e. The number of rotatable bonds is 16. The van der Waals surface area contributed by atoms with Gasteiger partial charge in [0.05, 0.1) is 17.3 Å². The standard InChI is InChI=1S/C43H53ClN8O3/c1-6-39-37(40(48-36-14-18-55-19-15-36)38-27-47-52(7-2)41(38)49-39)26-46-43(54)33-13-9-12-32(23-33)42(53)45-25-30-21-34(24-35(44)22-30)31-11-8-10-29(20-31)28-51(5)17-16-50(3)4/h8-13,20-24,27,36H,6-7,14-19,25-26,28H2,1-5H3,(H,45,53)(H,46,54)(H,48,49). The largest absolute Gasteiger partial charge is 0.381 e. The second kappa shape index (κ2) is 18.7. The minimum Gasteiger partial charge on any atom is -0.381 e. The molecule has 6 rings (SSSR count). The van der Waals surface area contributed by atoms with Crippen molar-refractivity contribution in [1.29, 1.82) is 0 Å². The van der Waals surface area contributed by atoms with Crippen LogP contribution < -0.4 is 16.0 Å². The Labute approximate surface area is 329 Å². The number of aryl methyl sites for hydroxylation is 2. The number of nitrogens with zero attached hydrogens (tertiary/aromatic N) is 5. The molecule has 1 fully saturated rings. The molecule has 2 aromatic heterocycles. The molecule has 3 N–H and O–H groups in total. The predicted octanol–water partition coefficient (Wildman–Crippen LogP) is 6.78. The van der Waals surface area contributed by atoms with Gasteiger partial charge in [-0.15, -0.1) is 0 Å². The third-order valence-corrected chi connectivity index (χ3v) is 10.3. The molecule has 0 unspecified atom stereocenters. The highest BCUT2D eigenvalue weighted by molar-refractivity contribution is 6.31. The third kappa shape index (κ3) is 10.3. The van der Waals surface area contributed by atoms with E-state index in [1.807, 2.05) is 23.0 Å². The van der Waals surface area contributed by atoms with Crippen molar-refractivity contribution in [3.8, 4) is 11.1 Å². The first-order valence-electron chi connectivity index (χ1n) is 19.2. The van der Waals surface area contributed by atoms with Crippen LogP contribution in [0.5, 0.6) is 0 Å². The van der Waals surface area contributed by atoms with Crippen molar-refractivity contribution in [2.24, 2.45) is 0 Å². The lowest BCUT2D eigenvalue weighted by Gasteiger charge is -2.26. The van der Waals surface area contributed by atoms with Gasteiger partial charge < -0.3 is 30.5 Å². The summed E-state index contributed by atoms with van der Waals surface area (Å²) in [4.78, 5) is 36.5. The monoisotopic (exact) mass is 764 g/mol. The number of carbonyl (C=O) groups is 2. The number of nitrogens with one attached hydrogen (secondary N) is 3. The molecule has 11 nitrogen and oxygen atoms in total. The molecule has 0 atom stereocenters. The maximum atomic E-state index is 13.6. The number of pyridine rings is 1. The fourth-order valence-electron chi connectivity index (χ4n) is 6.99. The van der Waals surface area contributed by atoms with Gasteiger partial charge >= 0.3 is 0 Å². The Morgan fingerprint density at radius 3 is 2.29 bits per heavy atom. The average molecular weight is 765 g/mol. The molecule has 0 radical (unpaired) electrons. The number of halogens is 1. The number of carbonyl (C=O) groups excluding carboxylic acids is 2. The summed E-state index contributed by atoms with van der Waals surface area (Å²) < 4.78 is 7.51. The molecular formula is C43H53ClN8O3. The van der Waals surface area contributed by atoms with E-state index in [1.54, 1.807) is 24.3 Å². The van der Waals surface area contributed by atoms with Crippen LogP contribution >= 0.6 is 11.6 Å². The third-order valence-electron chi connectivity index (χ3n) is 10.0. The van der Waals surface area contributed by atoms with Crippen LogP contribution in [0.25, 0.3) is 22.2 Å². The molecule has 5 aromatic rings. The summed E-state index contributed by atoms with van der Waals surface area (Å²) in [6.07, 6.45) is 4.35. The molecule has 2 amide bonds. The highest BCUT2D eigenvalue weighted by atomic mass is 35.5. The second-order valence-electron chi connectivity index (χ2n) is 14.5. The zero-order chi connectivity index (χ0) is 38.9. The van der Waals surface area contributed by atoms with Gasteiger partial charge in [0.25, 0.3) is 11.8 Å². The topological polar surface area (TPSA) is 117 Å². The van der Waals surface area contributed by atoms with Crippen molar-refractivity contribution in [3.63, 3.8) is 0 Å². The van der Waals surface area contributed by atoms with E-state index in [4.69, 9.17) is 21.3 Å². The van der Waals surface area contributed by atoms with Gasteiger partial charge in [0.1, 0.15) is 0 Å². The fourth-order valence-corrected chi connectivity index (χ4v) is 7.24. The Kier molecular flexibility index (Phi) is 13.5. The summed E-state index contributed by atoms with van der Waals surface area (Å²) in [6.45, 7) is 9.62. The molecule has 290 valence electrons. The number of ether oxygens (including phenoxy) is 1. The Bertz CT molecular complexity index is 2110. The van der Waals surface area contributed by atoms with E-state index < -0.39 is 0 Å². The molecule has 0 spiro atoms. The minimum atomic E-state index is -0.280. The summed E-state index contributed by atoms with van der Waals surface area (Å²) >= 11 is 6.58. The minimum absolute atomic E-state index is 0.249. The van der Waals surface area contributed by atoms with Gasteiger partial charge in [-0.2, -0.15) is 5.10 Å². The van der Waals surface area contributed by atoms with Crippen molar-refractivity contribution in [2.75, 3.05) is 52.8 Å². The van der Waals surface area contributed by atoms with Crippen molar-refractivity contribution in [2.45, 2.75) is 65.3 Å². The van der Waals surface area contributed by atoms with Crippen molar-refractivity contribution in [1.82, 2.24) is 35.2 Å². The van der Waals surface area contributed by atoms with Gasteiger partial charge in [-0.3, -0.25) is 9.59 Å². The molecule has 55 heavy (non-hydrogen) atoms.